The lowest BCUT2D eigenvalue weighted by Gasteiger charge is -2.28. The van der Waals surface area contributed by atoms with E-state index in [1.807, 2.05) is 0 Å². The highest BCUT2D eigenvalue weighted by Gasteiger charge is 2.29. The Morgan fingerprint density at radius 2 is 1.76 bits per heavy atom. The SMILES string of the molecule is O=C(OCc1cccc(F)c1)c1ccc([C@H]2Nc3ccccc3S(=O)(=O)N2)cc1. The molecule has 0 aliphatic carbocycles. The van der Waals surface area contributed by atoms with Crippen LogP contribution in [-0.2, 0) is 21.4 Å². The van der Waals surface area contributed by atoms with Gasteiger partial charge in [-0.1, -0.05) is 36.4 Å². The number of hydrogen-bond acceptors (Lipinski definition) is 5. The normalized spacial score (nSPS) is 17.1. The van der Waals surface area contributed by atoms with E-state index in [1.165, 1.54) is 18.2 Å². The van der Waals surface area contributed by atoms with E-state index in [0.717, 1.165) is 0 Å². The third-order valence-corrected chi connectivity index (χ3v) is 5.97. The maximum Gasteiger partial charge on any atom is 0.338 e. The van der Waals surface area contributed by atoms with Crippen molar-refractivity contribution < 1.29 is 22.3 Å². The first-order chi connectivity index (χ1) is 13.9. The molecule has 3 aromatic carbocycles. The highest BCUT2D eigenvalue weighted by atomic mass is 32.2. The number of rotatable bonds is 4. The average Bonchev–Trinajstić information content (AvgIpc) is 2.72. The molecule has 0 spiro atoms. The van der Waals surface area contributed by atoms with E-state index < -0.39 is 28.0 Å². The molecule has 29 heavy (non-hydrogen) atoms. The number of hydrogen-bond donors (Lipinski definition) is 2. The summed E-state index contributed by atoms with van der Waals surface area (Å²) in [4.78, 5) is 12.4. The zero-order valence-corrected chi connectivity index (χ0v) is 15.9. The Labute approximate surface area is 167 Å². The molecule has 1 heterocycles. The summed E-state index contributed by atoms with van der Waals surface area (Å²) in [5.41, 5.74) is 2.01. The topological polar surface area (TPSA) is 84.5 Å². The summed E-state index contributed by atoms with van der Waals surface area (Å²) in [5, 5.41) is 3.13. The molecule has 0 saturated heterocycles. The van der Waals surface area contributed by atoms with Crippen LogP contribution in [0.3, 0.4) is 0 Å². The summed E-state index contributed by atoms with van der Waals surface area (Å²) in [5.74, 6) is -0.949. The lowest BCUT2D eigenvalue weighted by Crippen LogP contribution is -2.38. The Morgan fingerprint density at radius 1 is 1.00 bits per heavy atom. The van der Waals surface area contributed by atoms with Gasteiger partial charge in [0.1, 0.15) is 23.5 Å². The predicted molar refractivity (Wildman–Crippen MR) is 105 cm³/mol. The zero-order valence-electron chi connectivity index (χ0n) is 15.1. The van der Waals surface area contributed by atoms with E-state index >= 15 is 0 Å². The highest BCUT2D eigenvalue weighted by molar-refractivity contribution is 7.89. The molecule has 6 nitrogen and oxygen atoms in total. The third kappa shape index (κ3) is 4.13. The van der Waals surface area contributed by atoms with E-state index in [2.05, 4.69) is 10.0 Å². The van der Waals surface area contributed by atoms with Gasteiger partial charge in [0.25, 0.3) is 0 Å². The Hall–Kier alpha value is -3.23. The van der Waals surface area contributed by atoms with Gasteiger partial charge in [-0.05, 0) is 47.5 Å². The standard InChI is InChI=1S/C21H17FN2O4S/c22-17-5-3-4-14(12-17)13-28-21(25)16-10-8-15(9-11-16)20-23-18-6-1-2-7-19(18)29(26,27)24-20/h1-12,20,23-24H,13H2/t20-/m0/s1. The molecular weight excluding hydrogens is 395 g/mol. The number of anilines is 1. The molecule has 0 unspecified atom stereocenters. The number of nitrogens with one attached hydrogen (secondary N) is 2. The van der Waals surface area contributed by atoms with Crippen LogP contribution >= 0.6 is 0 Å². The van der Waals surface area contributed by atoms with Crippen LogP contribution < -0.4 is 10.0 Å². The van der Waals surface area contributed by atoms with Gasteiger partial charge in [-0.15, -0.1) is 0 Å². The number of para-hydroxylation sites is 1. The van der Waals surface area contributed by atoms with Gasteiger partial charge >= 0.3 is 5.97 Å². The Kier molecular flexibility index (Phi) is 5.04. The molecule has 148 valence electrons. The fourth-order valence-corrected chi connectivity index (χ4v) is 4.35. The average molecular weight is 412 g/mol. The van der Waals surface area contributed by atoms with E-state index in [1.54, 1.807) is 54.6 Å². The third-order valence-electron chi connectivity index (χ3n) is 4.49. The van der Waals surface area contributed by atoms with Crippen molar-refractivity contribution in [1.82, 2.24) is 4.72 Å². The number of sulfonamides is 1. The van der Waals surface area contributed by atoms with Crippen molar-refractivity contribution >= 4 is 21.7 Å². The number of esters is 1. The molecule has 1 aliphatic heterocycles. The molecule has 8 heteroatoms. The number of halogens is 1. The minimum Gasteiger partial charge on any atom is -0.457 e. The first kappa shape index (κ1) is 19.1. The van der Waals surface area contributed by atoms with Crippen molar-refractivity contribution in [2.45, 2.75) is 17.7 Å². The summed E-state index contributed by atoms with van der Waals surface area (Å²) in [6.07, 6.45) is -0.660. The second-order valence-corrected chi connectivity index (χ2v) is 8.21. The predicted octanol–water partition coefficient (Wildman–Crippen LogP) is 3.59. The van der Waals surface area contributed by atoms with Crippen LogP contribution in [0.2, 0.25) is 0 Å². The van der Waals surface area contributed by atoms with Gasteiger partial charge in [0.2, 0.25) is 10.0 Å². The Bertz CT molecular complexity index is 1160. The van der Waals surface area contributed by atoms with Crippen molar-refractivity contribution in [2.75, 3.05) is 5.32 Å². The summed E-state index contributed by atoms with van der Waals surface area (Å²) >= 11 is 0. The fraction of sp³-hybridized carbons (Fsp3) is 0.0952. The van der Waals surface area contributed by atoms with Gasteiger partial charge in [0.15, 0.2) is 0 Å². The first-order valence-electron chi connectivity index (χ1n) is 8.82. The zero-order chi connectivity index (χ0) is 20.4. The van der Waals surface area contributed by atoms with Crippen molar-refractivity contribution in [3.8, 4) is 0 Å². The van der Waals surface area contributed by atoms with Crippen LogP contribution in [0, 0.1) is 5.82 Å². The van der Waals surface area contributed by atoms with Crippen molar-refractivity contribution in [1.29, 1.82) is 0 Å². The van der Waals surface area contributed by atoms with Crippen LogP contribution in [-0.4, -0.2) is 14.4 Å². The molecule has 0 bridgehead atoms. The van der Waals surface area contributed by atoms with E-state index in [4.69, 9.17) is 4.74 Å². The van der Waals surface area contributed by atoms with Crippen LogP contribution in [0.1, 0.15) is 27.7 Å². The molecule has 3 aromatic rings. The van der Waals surface area contributed by atoms with Gasteiger partial charge in [-0.3, -0.25) is 0 Å². The van der Waals surface area contributed by atoms with Crippen LogP contribution in [0.5, 0.6) is 0 Å². The summed E-state index contributed by atoms with van der Waals surface area (Å²) in [7, 11) is -3.64. The monoisotopic (exact) mass is 412 g/mol. The van der Waals surface area contributed by atoms with E-state index in [0.29, 0.717) is 22.4 Å². The molecule has 0 amide bonds. The molecule has 0 radical (unpaired) electrons. The Morgan fingerprint density at radius 3 is 2.52 bits per heavy atom. The molecule has 0 saturated carbocycles. The fourth-order valence-electron chi connectivity index (χ4n) is 3.05. The van der Waals surface area contributed by atoms with Crippen molar-refractivity contribution in [3.05, 3.63) is 95.3 Å². The number of carbonyl (C=O) groups is 1. The second kappa shape index (κ2) is 7.65. The minimum atomic E-state index is -3.64. The number of ether oxygens (including phenoxy) is 1. The summed E-state index contributed by atoms with van der Waals surface area (Å²) in [6, 6.07) is 18.9. The smallest absolute Gasteiger partial charge is 0.338 e. The van der Waals surface area contributed by atoms with E-state index in [-0.39, 0.29) is 11.5 Å². The van der Waals surface area contributed by atoms with Gasteiger partial charge in [0.05, 0.1) is 11.3 Å². The Balaban J connectivity index is 1.46. The molecule has 0 fully saturated rings. The quantitative estimate of drug-likeness (QED) is 0.640. The van der Waals surface area contributed by atoms with Crippen molar-refractivity contribution in [3.63, 3.8) is 0 Å². The van der Waals surface area contributed by atoms with Crippen LogP contribution in [0.4, 0.5) is 10.1 Å². The summed E-state index contributed by atoms with van der Waals surface area (Å²) in [6.45, 7) is -0.0426. The second-order valence-electron chi connectivity index (χ2n) is 6.52. The molecule has 4 rings (SSSR count). The van der Waals surface area contributed by atoms with E-state index in [9.17, 15) is 17.6 Å². The largest absolute Gasteiger partial charge is 0.457 e. The number of carbonyl (C=O) groups excluding carboxylic acids is 1. The lowest BCUT2D eigenvalue weighted by molar-refractivity contribution is 0.0472. The van der Waals surface area contributed by atoms with Crippen LogP contribution in [0.25, 0.3) is 0 Å². The maximum atomic E-state index is 13.2. The van der Waals surface area contributed by atoms with Crippen LogP contribution in [0.15, 0.2) is 77.7 Å². The molecule has 0 aromatic heterocycles. The number of benzene rings is 3. The van der Waals surface area contributed by atoms with Gasteiger partial charge in [-0.2, -0.15) is 4.72 Å². The maximum absolute atomic E-state index is 13.2. The van der Waals surface area contributed by atoms with Gasteiger partial charge < -0.3 is 10.1 Å². The van der Waals surface area contributed by atoms with Crippen molar-refractivity contribution in [2.24, 2.45) is 0 Å². The molecule has 1 aliphatic rings. The van der Waals surface area contributed by atoms with Gasteiger partial charge in [0, 0.05) is 0 Å². The lowest BCUT2D eigenvalue weighted by atomic mass is 10.1. The molecule has 2 N–H and O–H groups in total. The summed E-state index contributed by atoms with van der Waals surface area (Å²) < 4.78 is 45.8. The number of fused-ring (bicyclic) bond motifs is 1. The first-order valence-corrected chi connectivity index (χ1v) is 10.3. The molecule has 1 atom stereocenters. The highest BCUT2D eigenvalue weighted by Crippen LogP contribution is 2.30. The minimum absolute atomic E-state index is 0.0426. The van der Waals surface area contributed by atoms with Gasteiger partial charge in [-0.25, -0.2) is 17.6 Å². The molecular formula is C21H17FN2O4S.